The second kappa shape index (κ2) is 6.92. The van der Waals surface area contributed by atoms with Gasteiger partial charge >= 0.3 is 0 Å². The average Bonchev–Trinajstić information content (AvgIpc) is 3.09. The van der Waals surface area contributed by atoms with E-state index in [4.69, 9.17) is 5.11 Å². The lowest BCUT2D eigenvalue weighted by atomic mass is 9.92. The van der Waals surface area contributed by atoms with E-state index in [2.05, 4.69) is 47.9 Å². The van der Waals surface area contributed by atoms with Gasteiger partial charge in [-0.2, -0.15) is 10.2 Å². The zero-order chi connectivity index (χ0) is 18.2. The van der Waals surface area contributed by atoms with Gasteiger partial charge in [0.15, 0.2) is 0 Å². The third-order valence-corrected chi connectivity index (χ3v) is 5.19. The Kier molecular flexibility index (Phi) is 5.02. The van der Waals surface area contributed by atoms with E-state index in [1.54, 1.807) is 0 Å². The molecular formula is C19H31N5O. The maximum absolute atomic E-state index is 9.17. The number of hydrogen-bond acceptors (Lipinski definition) is 4. The third-order valence-electron chi connectivity index (χ3n) is 5.19. The van der Waals surface area contributed by atoms with Gasteiger partial charge in [0.2, 0.25) is 0 Å². The molecule has 25 heavy (non-hydrogen) atoms. The van der Waals surface area contributed by atoms with Crippen molar-refractivity contribution in [1.29, 1.82) is 0 Å². The lowest BCUT2D eigenvalue weighted by Gasteiger charge is -2.28. The van der Waals surface area contributed by atoms with Crippen molar-refractivity contribution >= 4 is 0 Å². The Labute approximate surface area is 150 Å². The molecule has 0 amide bonds. The molecule has 2 aromatic rings. The van der Waals surface area contributed by atoms with E-state index in [1.165, 1.54) is 23.2 Å². The number of aliphatic hydroxyl groups is 1. The van der Waals surface area contributed by atoms with Gasteiger partial charge in [-0.25, -0.2) is 0 Å². The Morgan fingerprint density at radius 3 is 2.76 bits per heavy atom. The molecule has 0 aliphatic heterocycles. The molecule has 0 bridgehead atoms. The summed E-state index contributed by atoms with van der Waals surface area (Å²) in [5.74, 6) is 0. The molecule has 6 nitrogen and oxygen atoms in total. The fraction of sp³-hybridized carbons (Fsp3) is 0.684. The molecule has 1 atom stereocenters. The minimum Gasteiger partial charge on any atom is -0.394 e. The largest absolute Gasteiger partial charge is 0.394 e. The van der Waals surface area contributed by atoms with E-state index < -0.39 is 0 Å². The van der Waals surface area contributed by atoms with Gasteiger partial charge in [0.1, 0.15) is 0 Å². The van der Waals surface area contributed by atoms with Crippen LogP contribution in [0.25, 0.3) is 0 Å². The summed E-state index contributed by atoms with van der Waals surface area (Å²) >= 11 is 0. The van der Waals surface area contributed by atoms with Crippen LogP contribution >= 0.6 is 0 Å². The molecule has 2 N–H and O–H groups in total. The normalized spacial score (nSPS) is 17.8. The SMILES string of the molecule is Cc1nn(CCO)c(C)c1CN[C@@H]1CCCc2c1cnn2C(C)(C)C. The molecule has 0 saturated carbocycles. The fourth-order valence-corrected chi connectivity index (χ4v) is 3.87. The van der Waals surface area contributed by atoms with Crippen LogP contribution in [0.4, 0.5) is 0 Å². The predicted molar refractivity (Wildman–Crippen MR) is 98.5 cm³/mol. The summed E-state index contributed by atoms with van der Waals surface area (Å²) in [6.45, 7) is 12.2. The maximum Gasteiger partial charge on any atom is 0.0644 e. The summed E-state index contributed by atoms with van der Waals surface area (Å²) in [4.78, 5) is 0. The maximum atomic E-state index is 9.17. The summed E-state index contributed by atoms with van der Waals surface area (Å²) in [5, 5.41) is 22.1. The van der Waals surface area contributed by atoms with Gasteiger partial charge < -0.3 is 10.4 Å². The number of aryl methyl sites for hydroxylation is 1. The molecule has 1 aliphatic rings. The lowest BCUT2D eigenvalue weighted by molar-refractivity contribution is 0.267. The van der Waals surface area contributed by atoms with Crippen molar-refractivity contribution in [3.05, 3.63) is 34.4 Å². The van der Waals surface area contributed by atoms with Gasteiger partial charge in [0.05, 0.1) is 30.6 Å². The molecule has 0 spiro atoms. The van der Waals surface area contributed by atoms with Crippen molar-refractivity contribution in [3.8, 4) is 0 Å². The summed E-state index contributed by atoms with van der Waals surface area (Å²) in [5.41, 5.74) is 6.16. The van der Waals surface area contributed by atoms with Crippen LogP contribution in [0, 0.1) is 13.8 Å². The zero-order valence-corrected chi connectivity index (χ0v) is 16.1. The van der Waals surface area contributed by atoms with E-state index in [0.29, 0.717) is 12.6 Å². The first-order valence-corrected chi connectivity index (χ1v) is 9.27. The van der Waals surface area contributed by atoms with E-state index in [9.17, 15) is 0 Å². The van der Waals surface area contributed by atoms with Gasteiger partial charge in [-0.3, -0.25) is 9.36 Å². The Balaban J connectivity index is 1.77. The Hall–Kier alpha value is -1.66. The van der Waals surface area contributed by atoms with Crippen LogP contribution in [-0.4, -0.2) is 31.3 Å². The number of aromatic nitrogens is 4. The highest BCUT2D eigenvalue weighted by atomic mass is 16.3. The highest BCUT2D eigenvalue weighted by Crippen LogP contribution is 2.32. The van der Waals surface area contributed by atoms with Crippen molar-refractivity contribution in [1.82, 2.24) is 24.9 Å². The van der Waals surface area contributed by atoms with Crippen LogP contribution in [0.2, 0.25) is 0 Å². The first kappa shape index (κ1) is 18.1. The quantitative estimate of drug-likeness (QED) is 0.874. The van der Waals surface area contributed by atoms with Crippen LogP contribution in [0.1, 0.15) is 67.9 Å². The minimum atomic E-state index is 0.0219. The second-order valence-electron chi connectivity index (χ2n) is 8.05. The fourth-order valence-electron chi connectivity index (χ4n) is 3.87. The van der Waals surface area contributed by atoms with Crippen molar-refractivity contribution in [3.63, 3.8) is 0 Å². The average molecular weight is 345 g/mol. The summed E-state index contributed by atoms with van der Waals surface area (Å²) in [7, 11) is 0. The lowest BCUT2D eigenvalue weighted by Crippen LogP contribution is -2.29. The number of rotatable bonds is 5. The highest BCUT2D eigenvalue weighted by Gasteiger charge is 2.28. The third kappa shape index (κ3) is 3.51. The van der Waals surface area contributed by atoms with E-state index in [-0.39, 0.29) is 12.1 Å². The molecule has 0 aromatic carbocycles. The molecule has 2 heterocycles. The topological polar surface area (TPSA) is 67.9 Å². The Bertz CT molecular complexity index is 738. The van der Waals surface area contributed by atoms with Gasteiger partial charge in [0.25, 0.3) is 0 Å². The van der Waals surface area contributed by atoms with E-state index >= 15 is 0 Å². The first-order valence-electron chi connectivity index (χ1n) is 9.27. The van der Waals surface area contributed by atoms with Crippen LogP contribution < -0.4 is 5.32 Å². The zero-order valence-electron chi connectivity index (χ0n) is 16.1. The second-order valence-corrected chi connectivity index (χ2v) is 8.05. The van der Waals surface area contributed by atoms with Gasteiger partial charge in [-0.15, -0.1) is 0 Å². The van der Waals surface area contributed by atoms with Crippen molar-refractivity contribution in [2.45, 2.75) is 78.6 Å². The Morgan fingerprint density at radius 1 is 1.32 bits per heavy atom. The predicted octanol–water partition coefficient (Wildman–Crippen LogP) is 2.61. The van der Waals surface area contributed by atoms with Crippen molar-refractivity contribution in [2.75, 3.05) is 6.61 Å². The summed E-state index contributed by atoms with van der Waals surface area (Å²) in [6, 6.07) is 0.347. The van der Waals surface area contributed by atoms with Gasteiger partial charge in [-0.05, 0) is 53.9 Å². The Morgan fingerprint density at radius 2 is 2.08 bits per heavy atom. The van der Waals surface area contributed by atoms with Crippen molar-refractivity contribution < 1.29 is 5.11 Å². The molecular weight excluding hydrogens is 314 g/mol. The molecule has 0 radical (unpaired) electrons. The molecule has 0 saturated heterocycles. The molecule has 138 valence electrons. The van der Waals surface area contributed by atoms with Crippen LogP contribution in [-0.2, 0) is 25.0 Å². The van der Waals surface area contributed by atoms with Gasteiger partial charge in [-0.1, -0.05) is 0 Å². The van der Waals surface area contributed by atoms with Crippen LogP contribution in [0.15, 0.2) is 6.20 Å². The molecule has 2 aromatic heterocycles. The number of aliphatic hydroxyl groups excluding tert-OH is 1. The van der Waals surface area contributed by atoms with E-state index in [1.807, 2.05) is 17.8 Å². The molecule has 1 aliphatic carbocycles. The number of nitrogens with one attached hydrogen (secondary N) is 1. The minimum absolute atomic E-state index is 0.0219. The molecule has 0 unspecified atom stereocenters. The summed E-state index contributed by atoms with van der Waals surface area (Å²) < 4.78 is 4.09. The first-order chi connectivity index (χ1) is 11.8. The smallest absolute Gasteiger partial charge is 0.0644 e. The van der Waals surface area contributed by atoms with Crippen LogP contribution in [0.5, 0.6) is 0 Å². The molecule has 6 heteroatoms. The highest BCUT2D eigenvalue weighted by molar-refractivity contribution is 5.28. The summed E-state index contributed by atoms with van der Waals surface area (Å²) in [6.07, 6.45) is 5.49. The number of hydrogen-bond donors (Lipinski definition) is 2. The standard InChI is InChI=1S/C19H31N5O/c1-13-15(14(2)23(22-13)9-10-25)11-20-17-7-6-8-18-16(17)12-21-24(18)19(3,4)5/h12,17,20,25H,6-11H2,1-5H3/t17-/m1/s1. The van der Waals surface area contributed by atoms with Crippen molar-refractivity contribution in [2.24, 2.45) is 0 Å². The van der Waals surface area contributed by atoms with Gasteiger partial charge in [0, 0.05) is 35.1 Å². The van der Waals surface area contributed by atoms with Crippen LogP contribution in [0.3, 0.4) is 0 Å². The van der Waals surface area contributed by atoms with E-state index in [0.717, 1.165) is 30.8 Å². The molecule has 3 rings (SSSR count). The monoisotopic (exact) mass is 345 g/mol. The number of nitrogens with zero attached hydrogens (tertiary/aromatic N) is 4. The number of fused-ring (bicyclic) bond motifs is 1. The molecule has 0 fully saturated rings.